The van der Waals surface area contributed by atoms with E-state index in [0.29, 0.717) is 0 Å². The van der Waals surface area contributed by atoms with Gasteiger partial charge in [0.1, 0.15) is 23.3 Å². The minimum Gasteiger partial charge on any atom is -0.477 e. The van der Waals surface area contributed by atoms with Gasteiger partial charge >= 0.3 is 5.97 Å². The molecule has 0 fully saturated rings. The molecule has 0 aliphatic carbocycles. The Morgan fingerprint density at radius 1 is 1.43 bits per heavy atom. The predicted octanol–water partition coefficient (Wildman–Crippen LogP) is 3.27. The molecular formula is C12H6ClFN2O5. The fraction of sp³-hybridized carbons (Fsp3) is 0. The highest BCUT2D eigenvalue weighted by molar-refractivity contribution is 6.30. The molecule has 0 spiro atoms. The molecule has 21 heavy (non-hydrogen) atoms. The Balaban J connectivity index is 2.41. The first-order valence-electron chi connectivity index (χ1n) is 5.39. The first-order valence-corrected chi connectivity index (χ1v) is 5.77. The summed E-state index contributed by atoms with van der Waals surface area (Å²) in [7, 11) is 0. The molecule has 0 saturated carbocycles. The first-order chi connectivity index (χ1) is 9.88. The number of nitrogens with zero attached hydrogens (tertiary/aromatic N) is 2. The van der Waals surface area contributed by atoms with Gasteiger partial charge in [-0.3, -0.25) is 10.1 Å². The molecule has 7 nitrogen and oxygen atoms in total. The largest absolute Gasteiger partial charge is 0.477 e. The highest BCUT2D eigenvalue weighted by atomic mass is 35.5. The summed E-state index contributed by atoms with van der Waals surface area (Å²) in [6.07, 6.45) is 0.854. The van der Waals surface area contributed by atoms with Crippen molar-refractivity contribution in [3.8, 4) is 11.6 Å². The van der Waals surface area contributed by atoms with E-state index in [2.05, 4.69) is 4.98 Å². The van der Waals surface area contributed by atoms with Crippen LogP contribution in [0.1, 0.15) is 10.4 Å². The third-order valence-electron chi connectivity index (χ3n) is 2.38. The van der Waals surface area contributed by atoms with Crippen molar-refractivity contribution in [2.24, 2.45) is 0 Å². The van der Waals surface area contributed by atoms with Gasteiger partial charge in [0.15, 0.2) is 0 Å². The van der Waals surface area contributed by atoms with E-state index in [0.717, 1.165) is 24.4 Å². The van der Waals surface area contributed by atoms with Gasteiger partial charge in [0.2, 0.25) is 5.88 Å². The molecule has 2 aromatic rings. The van der Waals surface area contributed by atoms with Gasteiger partial charge in [-0.25, -0.2) is 14.2 Å². The molecule has 2 rings (SSSR count). The second-order valence-electron chi connectivity index (χ2n) is 3.79. The number of hydrogen-bond acceptors (Lipinski definition) is 5. The van der Waals surface area contributed by atoms with E-state index in [9.17, 15) is 19.3 Å². The Kier molecular flexibility index (Phi) is 3.99. The van der Waals surface area contributed by atoms with Gasteiger partial charge in [0, 0.05) is 12.1 Å². The van der Waals surface area contributed by atoms with Crippen LogP contribution in [0.15, 0.2) is 30.5 Å². The van der Waals surface area contributed by atoms with E-state index in [1.165, 1.54) is 6.07 Å². The summed E-state index contributed by atoms with van der Waals surface area (Å²) in [5.41, 5.74) is -0.985. The van der Waals surface area contributed by atoms with Crippen LogP contribution >= 0.6 is 11.6 Å². The first kappa shape index (κ1) is 14.7. The van der Waals surface area contributed by atoms with Gasteiger partial charge in [-0.2, -0.15) is 0 Å². The predicted molar refractivity (Wildman–Crippen MR) is 69.3 cm³/mol. The van der Waals surface area contributed by atoms with Crippen LogP contribution in [0.3, 0.4) is 0 Å². The fourth-order valence-electron chi connectivity index (χ4n) is 1.43. The van der Waals surface area contributed by atoms with Gasteiger partial charge in [-0.1, -0.05) is 11.6 Å². The highest BCUT2D eigenvalue weighted by Crippen LogP contribution is 2.28. The normalized spacial score (nSPS) is 10.2. The van der Waals surface area contributed by atoms with Crippen LogP contribution in [0.5, 0.6) is 11.6 Å². The minimum absolute atomic E-state index is 0.0465. The number of aromatic carboxylic acids is 1. The van der Waals surface area contributed by atoms with Crippen LogP contribution in [-0.2, 0) is 0 Å². The van der Waals surface area contributed by atoms with Crippen molar-refractivity contribution in [1.82, 2.24) is 4.98 Å². The lowest BCUT2D eigenvalue weighted by atomic mass is 10.2. The maximum absolute atomic E-state index is 13.0. The van der Waals surface area contributed by atoms with Crippen molar-refractivity contribution in [3.05, 3.63) is 57.0 Å². The number of rotatable bonds is 4. The number of carbonyl (C=O) groups is 1. The molecule has 9 heteroatoms. The SMILES string of the molecule is O=C(O)c1cc([N+](=O)[O-])cnc1Oc1ccc(F)c(Cl)c1. The van der Waals surface area contributed by atoms with Crippen molar-refractivity contribution in [2.45, 2.75) is 0 Å². The molecule has 0 unspecified atom stereocenters. The Hall–Kier alpha value is -2.74. The van der Waals surface area contributed by atoms with E-state index >= 15 is 0 Å². The zero-order chi connectivity index (χ0) is 15.6. The van der Waals surface area contributed by atoms with Crippen molar-refractivity contribution in [2.75, 3.05) is 0 Å². The van der Waals surface area contributed by atoms with Crippen LogP contribution < -0.4 is 4.74 Å². The quantitative estimate of drug-likeness (QED) is 0.686. The number of aromatic nitrogens is 1. The lowest BCUT2D eigenvalue weighted by molar-refractivity contribution is -0.385. The second kappa shape index (κ2) is 5.71. The summed E-state index contributed by atoms with van der Waals surface area (Å²) in [6.45, 7) is 0. The number of hydrogen-bond donors (Lipinski definition) is 1. The number of carboxylic acids is 1. The van der Waals surface area contributed by atoms with Crippen molar-refractivity contribution in [1.29, 1.82) is 0 Å². The van der Waals surface area contributed by atoms with Gasteiger partial charge in [-0.05, 0) is 12.1 Å². The molecule has 0 aliphatic rings. The van der Waals surface area contributed by atoms with Crippen LogP contribution in [0.2, 0.25) is 5.02 Å². The monoisotopic (exact) mass is 312 g/mol. The summed E-state index contributed by atoms with van der Waals surface area (Å²) < 4.78 is 18.2. The average Bonchev–Trinajstić information content (AvgIpc) is 2.43. The summed E-state index contributed by atoms with van der Waals surface area (Å²) >= 11 is 5.57. The smallest absolute Gasteiger partial charge is 0.341 e. The van der Waals surface area contributed by atoms with Crippen molar-refractivity contribution < 1.29 is 24.0 Å². The second-order valence-corrected chi connectivity index (χ2v) is 4.19. The van der Waals surface area contributed by atoms with E-state index < -0.39 is 28.0 Å². The molecule has 0 aliphatic heterocycles. The molecule has 0 radical (unpaired) electrons. The Morgan fingerprint density at radius 3 is 2.71 bits per heavy atom. The molecule has 0 bridgehead atoms. The van der Waals surface area contributed by atoms with E-state index in [4.69, 9.17) is 21.4 Å². The van der Waals surface area contributed by atoms with Crippen LogP contribution in [0, 0.1) is 15.9 Å². The molecule has 1 aromatic carbocycles. The Labute approximate surface area is 121 Å². The molecule has 0 atom stereocenters. The van der Waals surface area contributed by atoms with E-state index in [1.807, 2.05) is 0 Å². The van der Waals surface area contributed by atoms with E-state index in [-0.39, 0.29) is 16.7 Å². The number of nitro groups is 1. The lowest BCUT2D eigenvalue weighted by Crippen LogP contribution is -2.03. The highest BCUT2D eigenvalue weighted by Gasteiger charge is 2.19. The molecular weight excluding hydrogens is 307 g/mol. The van der Waals surface area contributed by atoms with Gasteiger partial charge in [0.25, 0.3) is 5.69 Å². The number of pyridine rings is 1. The standard InChI is InChI=1S/C12H6ClFN2O5/c13-9-4-7(1-2-10(9)14)21-11-8(12(17)18)3-6(5-15-11)16(19)20/h1-5H,(H,17,18). The zero-order valence-electron chi connectivity index (χ0n) is 10.1. The fourth-order valence-corrected chi connectivity index (χ4v) is 1.60. The summed E-state index contributed by atoms with van der Waals surface area (Å²) in [4.78, 5) is 24.5. The van der Waals surface area contributed by atoms with Gasteiger partial charge in [0.05, 0.1) is 9.95 Å². The summed E-state index contributed by atoms with van der Waals surface area (Å²) in [5, 5.41) is 19.4. The molecule has 1 aromatic heterocycles. The van der Waals surface area contributed by atoms with Gasteiger partial charge < -0.3 is 9.84 Å². The van der Waals surface area contributed by atoms with Crippen molar-refractivity contribution in [3.63, 3.8) is 0 Å². The van der Waals surface area contributed by atoms with Crippen LogP contribution in [-0.4, -0.2) is 21.0 Å². The van der Waals surface area contributed by atoms with E-state index in [1.54, 1.807) is 0 Å². The third-order valence-corrected chi connectivity index (χ3v) is 2.67. The molecule has 0 saturated heterocycles. The summed E-state index contributed by atoms with van der Waals surface area (Å²) in [5.74, 6) is -2.44. The van der Waals surface area contributed by atoms with Gasteiger partial charge in [-0.15, -0.1) is 0 Å². The topological polar surface area (TPSA) is 103 Å². The molecule has 1 N–H and O–H groups in total. The number of ether oxygens (including phenoxy) is 1. The number of carboxylic acid groups (broad SMARTS) is 1. The third kappa shape index (κ3) is 3.23. The minimum atomic E-state index is -1.45. The Morgan fingerprint density at radius 2 is 2.14 bits per heavy atom. The van der Waals surface area contributed by atoms with Crippen molar-refractivity contribution >= 4 is 23.3 Å². The Bertz CT molecular complexity index is 738. The number of halogens is 2. The van der Waals surface area contributed by atoms with Crippen LogP contribution in [0.25, 0.3) is 0 Å². The molecule has 0 amide bonds. The maximum atomic E-state index is 13.0. The lowest BCUT2D eigenvalue weighted by Gasteiger charge is -2.07. The molecule has 108 valence electrons. The number of benzene rings is 1. The van der Waals surface area contributed by atoms with Crippen LogP contribution in [0.4, 0.5) is 10.1 Å². The average molecular weight is 313 g/mol. The maximum Gasteiger partial charge on any atom is 0.341 e. The zero-order valence-corrected chi connectivity index (χ0v) is 10.9. The molecule has 1 heterocycles. The summed E-state index contributed by atoms with van der Waals surface area (Å²) in [6, 6.07) is 4.20.